The SMILES string of the molecule is c1ccc(-c2cc3ccc(-c4cccc5c4[C@]4(c6ccccc6-5)[C@@H]5CC6C[C@@H](C5)C[C@@H]4C6)cc3cc2N(c2ccc(-c3cccc4ccccc34)cc2)c2cc3ccccc3c3ccccc23)cc1. The Bertz CT molecular complexity index is 3830. The fourth-order valence-corrected chi connectivity index (χ4v) is 14.8. The Labute approximate surface area is 404 Å². The number of hydrogen-bond acceptors (Lipinski definition) is 1. The molecule has 1 spiro atoms. The lowest BCUT2D eigenvalue weighted by atomic mass is 9.42. The van der Waals surface area contributed by atoms with Gasteiger partial charge in [0.25, 0.3) is 0 Å². The van der Waals surface area contributed by atoms with Gasteiger partial charge in [0.1, 0.15) is 0 Å². The Kier molecular flexibility index (Phi) is 8.61. The Morgan fingerprint density at radius 3 is 1.71 bits per heavy atom. The number of hydrogen-bond donors (Lipinski definition) is 0. The highest BCUT2D eigenvalue weighted by Crippen LogP contribution is 2.70. The van der Waals surface area contributed by atoms with Crippen molar-refractivity contribution in [3.05, 3.63) is 236 Å². The largest absolute Gasteiger partial charge is 0.309 e. The normalized spacial score (nSPS) is 20.8. The molecule has 4 fully saturated rings. The molecule has 69 heavy (non-hydrogen) atoms. The molecule has 1 nitrogen and oxygen atoms in total. The van der Waals surface area contributed by atoms with E-state index in [-0.39, 0.29) is 5.41 Å². The fourth-order valence-electron chi connectivity index (χ4n) is 14.8. The maximum Gasteiger partial charge on any atom is 0.0546 e. The van der Waals surface area contributed by atoms with Crippen LogP contribution in [0.3, 0.4) is 0 Å². The first kappa shape index (κ1) is 39.3. The van der Waals surface area contributed by atoms with Crippen LogP contribution in [0.2, 0.25) is 0 Å². The average Bonchev–Trinajstić information content (AvgIpc) is 3.71. The number of rotatable bonds is 6. The van der Waals surface area contributed by atoms with Gasteiger partial charge in [0.05, 0.1) is 11.4 Å². The topological polar surface area (TPSA) is 3.24 Å². The Hall–Kier alpha value is -7.74. The molecule has 328 valence electrons. The van der Waals surface area contributed by atoms with Gasteiger partial charge < -0.3 is 4.90 Å². The summed E-state index contributed by atoms with van der Waals surface area (Å²) >= 11 is 0. The van der Waals surface area contributed by atoms with E-state index in [1.807, 2.05) is 0 Å². The zero-order valence-electron chi connectivity index (χ0n) is 38.7. The average molecular weight is 882 g/mol. The minimum Gasteiger partial charge on any atom is -0.309 e. The molecule has 11 aromatic carbocycles. The predicted molar refractivity (Wildman–Crippen MR) is 291 cm³/mol. The van der Waals surface area contributed by atoms with E-state index in [0.717, 1.165) is 28.9 Å². The molecule has 0 aliphatic heterocycles. The maximum absolute atomic E-state index is 2.55. The standard InChI is InChI=1S/C68H51N/c1-2-14-46(15-3-1)63-40-48-28-29-50(58-25-13-26-62-60-22-10-11-27-64(60)68(67(58)62)52-35-43-34-44(37-52)38-53(68)36-43)39-51(48)42-66(63)69(65-41-49-17-5-7-20-57(49)59-21-8-9-23-61(59)65)54-32-30-47(31-33-54)56-24-12-18-45-16-4-6-19-55(45)56/h1-33,39-44,52-53H,34-38H2/t43-,44?,52-,53+,68+. The first-order valence-electron chi connectivity index (χ1n) is 25.3. The molecule has 0 unspecified atom stereocenters. The maximum atomic E-state index is 2.55. The minimum absolute atomic E-state index is 0.0827. The lowest BCUT2D eigenvalue weighted by Crippen LogP contribution is -2.55. The molecular formula is C68H51N. The molecule has 16 rings (SSSR count). The number of benzene rings is 11. The van der Waals surface area contributed by atoms with Crippen molar-refractivity contribution in [3.63, 3.8) is 0 Å². The molecule has 0 heterocycles. The van der Waals surface area contributed by atoms with E-state index in [9.17, 15) is 0 Å². The molecular weight excluding hydrogens is 831 g/mol. The second-order valence-corrected chi connectivity index (χ2v) is 20.8. The van der Waals surface area contributed by atoms with Crippen LogP contribution in [0.25, 0.3) is 87.6 Å². The van der Waals surface area contributed by atoms with Crippen molar-refractivity contribution in [3.8, 4) is 44.5 Å². The van der Waals surface area contributed by atoms with Gasteiger partial charge in [-0.05, 0) is 180 Å². The molecule has 5 aliphatic carbocycles. The fraction of sp³-hybridized carbons (Fsp3) is 0.147. The van der Waals surface area contributed by atoms with Crippen LogP contribution in [0.4, 0.5) is 17.1 Å². The minimum atomic E-state index is 0.0827. The van der Waals surface area contributed by atoms with Crippen LogP contribution in [0.1, 0.15) is 43.2 Å². The summed E-state index contributed by atoms with van der Waals surface area (Å²) in [4.78, 5) is 2.55. The molecule has 0 atom stereocenters. The van der Waals surface area contributed by atoms with Gasteiger partial charge >= 0.3 is 0 Å². The molecule has 0 aromatic heterocycles. The molecule has 4 saturated carbocycles. The summed E-state index contributed by atoms with van der Waals surface area (Å²) in [7, 11) is 0. The van der Waals surface area contributed by atoms with E-state index in [4.69, 9.17) is 0 Å². The molecule has 0 radical (unpaired) electrons. The molecule has 0 saturated heterocycles. The van der Waals surface area contributed by atoms with Crippen molar-refractivity contribution < 1.29 is 0 Å². The predicted octanol–water partition coefficient (Wildman–Crippen LogP) is 18.5. The van der Waals surface area contributed by atoms with Crippen molar-refractivity contribution >= 4 is 60.2 Å². The summed E-state index contributed by atoms with van der Waals surface area (Å²) in [5.41, 5.74) is 17.3. The number of anilines is 3. The summed E-state index contributed by atoms with van der Waals surface area (Å²) in [6, 6.07) is 85.1. The summed E-state index contributed by atoms with van der Waals surface area (Å²) in [5, 5.41) is 9.99. The number of fused-ring (bicyclic) bond motifs is 8. The van der Waals surface area contributed by atoms with Crippen molar-refractivity contribution in [2.45, 2.75) is 37.5 Å². The summed E-state index contributed by atoms with van der Waals surface area (Å²) in [6.07, 6.45) is 6.96. The van der Waals surface area contributed by atoms with E-state index in [1.54, 1.807) is 11.1 Å². The van der Waals surface area contributed by atoms with Crippen LogP contribution < -0.4 is 4.90 Å². The van der Waals surface area contributed by atoms with Gasteiger partial charge in [-0.3, -0.25) is 0 Å². The van der Waals surface area contributed by atoms with Crippen LogP contribution in [-0.4, -0.2) is 0 Å². The summed E-state index contributed by atoms with van der Waals surface area (Å²) in [6.45, 7) is 0. The first-order valence-corrected chi connectivity index (χ1v) is 25.3. The van der Waals surface area contributed by atoms with Crippen molar-refractivity contribution in [1.82, 2.24) is 0 Å². The van der Waals surface area contributed by atoms with Crippen molar-refractivity contribution in [2.24, 2.45) is 23.7 Å². The van der Waals surface area contributed by atoms with Gasteiger partial charge in [-0.15, -0.1) is 0 Å². The van der Waals surface area contributed by atoms with Gasteiger partial charge in [-0.1, -0.05) is 188 Å². The highest BCUT2D eigenvalue weighted by atomic mass is 15.1. The van der Waals surface area contributed by atoms with Gasteiger partial charge in [0.2, 0.25) is 0 Å². The zero-order valence-corrected chi connectivity index (χ0v) is 38.7. The highest BCUT2D eigenvalue weighted by Gasteiger charge is 2.62. The van der Waals surface area contributed by atoms with Crippen LogP contribution in [0.5, 0.6) is 0 Å². The first-order chi connectivity index (χ1) is 34.2. The quantitative estimate of drug-likeness (QED) is 0.150. The monoisotopic (exact) mass is 881 g/mol. The van der Waals surface area contributed by atoms with E-state index < -0.39 is 0 Å². The van der Waals surface area contributed by atoms with E-state index >= 15 is 0 Å². The smallest absolute Gasteiger partial charge is 0.0546 e. The molecule has 4 bridgehead atoms. The lowest BCUT2D eigenvalue weighted by molar-refractivity contribution is -0.0397. The highest BCUT2D eigenvalue weighted by molar-refractivity contribution is 6.15. The summed E-state index contributed by atoms with van der Waals surface area (Å²) in [5.74, 6) is 3.21. The van der Waals surface area contributed by atoms with E-state index in [0.29, 0.717) is 11.8 Å². The van der Waals surface area contributed by atoms with Gasteiger partial charge in [0, 0.05) is 22.1 Å². The van der Waals surface area contributed by atoms with Crippen LogP contribution >= 0.6 is 0 Å². The van der Waals surface area contributed by atoms with Crippen LogP contribution in [-0.2, 0) is 5.41 Å². The third kappa shape index (κ3) is 5.83. The van der Waals surface area contributed by atoms with Gasteiger partial charge in [-0.25, -0.2) is 0 Å². The van der Waals surface area contributed by atoms with Gasteiger partial charge in [0.15, 0.2) is 0 Å². The summed E-state index contributed by atoms with van der Waals surface area (Å²) < 4.78 is 0. The Morgan fingerprint density at radius 2 is 0.899 bits per heavy atom. The van der Waals surface area contributed by atoms with Crippen molar-refractivity contribution in [1.29, 1.82) is 0 Å². The van der Waals surface area contributed by atoms with Crippen molar-refractivity contribution in [2.75, 3.05) is 4.90 Å². The Morgan fingerprint density at radius 1 is 0.319 bits per heavy atom. The molecule has 11 aromatic rings. The molecule has 1 heteroatoms. The molecule has 0 N–H and O–H groups in total. The second kappa shape index (κ2) is 15.1. The van der Waals surface area contributed by atoms with Gasteiger partial charge in [-0.2, -0.15) is 0 Å². The van der Waals surface area contributed by atoms with E-state index in [2.05, 4.69) is 229 Å². The Balaban J connectivity index is 0.968. The zero-order chi connectivity index (χ0) is 45.2. The molecule has 0 amide bonds. The third-order valence-electron chi connectivity index (χ3n) is 17.4. The second-order valence-electron chi connectivity index (χ2n) is 20.8. The van der Waals surface area contributed by atoms with E-state index in [1.165, 1.54) is 120 Å². The third-order valence-corrected chi connectivity index (χ3v) is 17.4. The molecule has 5 aliphatic rings. The lowest BCUT2D eigenvalue weighted by Gasteiger charge is -2.61. The van der Waals surface area contributed by atoms with Crippen LogP contribution in [0, 0.1) is 23.7 Å². The van der Waals surface area contributed by atoms with Crippen LogP contribution in [0.15, 0.2) is 224 Å². The number of nitrogens with zero attached hydrogens (tertiary/aromatic N) is 1.